The Balaban J connectivity index is 1.40. The van der Waals surface area contributed by atoms with Crippen LogP contribution in [0.2, 0.25) is 0 Å². The van der Waals surface area contributed by atoms with Crippen LogP contribution < -0.4 is 10.1 Å². The molecule has 10 heteroatoms. The van der Waals surface area contributed by atoms with Crippen molar-refractivity contribution >= 4 is 41.1 Å². The number of amides is 2. The number of carbonyl (C=O) groups excluding carboxylic acids is 3. The number of nitrogens with zero attached hydrogens (tertiary/aromatic N) is 1. The minimum absolute atomic E-state index is 0.000229. The number of nitrogens with one attached hydrogen (secondary N) is 1. The Morgan fingerprint density at radius 1 is 1.21 bits per heavy atom. The second-order valence-electron chi connectivity index (χ2n) is 7.39. The van der Waals surface area contributed by atoms with Gasteiger partial charge in [-0.15, -0.1) is 11.8 Å². The van der Waals surface area contributed by atoms with E-state index in [1.165, 1.54) is 16.7 Å². The van der Waals surface area contributed by atoms with Gasteiger partial charge in [-0.2, -0.15) is 0 Å². The number of benzene rings is 2. The average Bonchev–Trinajstić information content (AvgIpc) is 2.85. The Hall–Kier alpha value is -3.01. The van der Waals surface area contributed by atoms with Gasteiger partial charge >= 0.3 is 5.97 Å². The predicted molar refractivity (Wildman–Crippen MR) is 122 cm³/mol. The number of ether oxygens (including phenoxy) is 2. The molecule has 2 unspecified atom stereocenters. The van der Waals surface area contributed by atoms with Gasteiger partial charge in [-0.1, -0.05) is 54.1 Å². The van der Waals surface area contributed by atoms with Crippen molar-refractivity contribution < 1.29 is 29.0 Å². The zero-order valence-corrected chi connectivity index (χ0v) is 19.1. The molecule has 2 heterocycles. The fraction of sp³-hybridized carbons (Fsp3) is 0.261. The highest BCUT2D eigenvalue weighted by Crippen LogP contribution is 2.42. The van der Waals surface area contributed by atoms with Gasteiger partial charge in [0.2, 0.25) is 0 Å². The Morgan fingerprint density at radius 3 is 2.58 bits per heavy atom. The van der Waals surface area contributed by atoms with E-state index in [-0.39, 0.29) is 23.1 Å². The number of thioether (sulfide) groups is 1. The van der Waals surface area contributed by atoms with Crippen molar-refractivity contribution in [3.8, 4) is 5.75 Å². The lowest BCUT2D eigenvalue weighted by atomic mass is 10.0. The maximum atomic E-state index is 12.8. The first kappa shape index (κ1) is 23.2. The zero-order chi connectivity index (χ0) is 23.5. The Kier molecular flexibility index (Phi) is 6.92. The van der Waals surface area contributed by atoms with Crippen molar-refractivity contribution in [2.45, 2.75) is 24.1 Å². The molecule has 172 valence electrons. The summed E-state index contributed by atoms with van der Waals surface area (Å²) in [6.45, 7) is -0.000229. The summed E-state index contributed by atoms with van der Waals surface area (Å²) >= 11 is 7.58. The molecule has 0 radical (unpaired) electrons. The molecule has 0 aromatic heterocycles. The summed E-state index contributed by atoms with van der Waals surface area (Å²) in [6, 6.07) is 14.6. The molecule has 3 atom stereocenters. The van der Waals surface area contributed by atoms with Gasteiger partial charge in [0.1, 0.15) is 29.5 Å². The van der Waals surface area contributed by atoms with Crippen LogP contribution in [0.4, 0.5) is 0 Å². The van der Waals surface area contributed by atoms with E-state index in [1.807, 2.05) is 0 Å². The standard InChI is InChI=1S/C23H21ClN2O6S/c1-31-15-9-7-13(8-10-15)11-32-23(30)18-16(24)12-33-22-17(21(29)26(18)22)25-20(28)19(27)14-5-3-2-4-6-14/h2-10,17,19,22,27H,11-12H2,1H3,(H,25,28)/t17?,19?,22-/m0/s1. The summed E-state index contributed by atoms with van der Waals surface area (Å²) in [5.41, 5.74) is 1.14. The first-order valence-electron chi connectivity index (χ1n) is 10.1. The van der Waals surface area contributed by atoms with Crippen LogP contribution in [-0.4, -0.2) is 52.1 Å². The molecule has 1 saturated heterocycles. The number of fused-ring (bicyclic) bond motifs is 1. The lowest BCUT2D eigenvalue weighted by molar-refractivity contribution is -0.154. The monoisotopic (exact) mass is 488 g/mol. The molecular formula is C23H21ClN2O6S. The van der Waals surface area contributed by atoms with E-state index in [4.69, 9.17) is 21.1 Å². The van der Waals surface area contributed by atoms with Crippen LogP contribution in [0.5, 0.6) is 5.75 Å². The molecule has 2 N–H and O–H groups in total. The topological polar surface area (TPSA) is 105 Å². The minimum atomic E-state index is -1.41. The van der Waals surface area contributed by atoms with Crippen molar-refractivity contribution in [2.24, 2.45) is 0 Å². The van der Waals surface area contributed by atoms with Gasteiger partial charge in [0.05, 0.1) is 12.1 Å². The Labute approximate surface area is 199 Å². The number of β-lactam (4-membered cyclic amide) rings is 1. The molecule has 0 saturated carbocycles. The molecule has 8 nitrogen and oxygen atoms in total. The molecule has 2 aromatic rings. The highest BCUT2D eigenvalue weighted by Gasteiger charge is 2.54. The van der Waals surface area contributed by atoms with Crippen molar-refractivity contribution in [2.75, 3.05) is 12.9 Å². The van der Waals surface area contributed by atoms with Gasteiger partial charge in [-0.25, -0.2) is 4.79 Å². The lowest BCUT2D eigenvalue weighted by Gasteiger charge is -2.49. The van der Waals surface area contributed by atoms with Crippen LogP contribution in [-0.2, 0) is 25.7 Å². The summed E-state index contributed by atoms with van der Waals surface area (Å²) in [6.07, 6.45) is -1.41. The molecule has 4 rings (SSSR count). The SMILES string of the molecule is COc1ccc(COC(=O)C2=C(Cl)CS[C@H]3C(NC(=O)C(O)c4ccccc4)C(=O)N23)cc1. The summed E-state index contributed by atoms with van der Waals surface area (Å²) in [5, 5.41) is 12.5. The van der Waals surface area contributed by atoms with Crippen LogP contribution >= 0.6 is 23.4 Å². The highest BCUT2D eigenvalue weighted by atomic mass is 35.5. The number of rotatable bonds is 7. The van der Waals surface area contributed by atoms with Crippen LogP contribution in [0, 0.1) is 0 Å². The quantitative estimate of drug-likeness (QED) is 0.455. The molecule has 2 aromatic carbocycles. The molecule has 0 bridgehead atoms. The summed E-state index contributed by atoms with van der Waals surface area (Å²) < 4.78 is 10.5. The van der Waals surface area contributed by atoms with E-state index < -0.39 is 35.3 Å². The average molecular weight is 489 g/mol. The van der Waals surface area contributed by atoms with Crippen molar-refractivity contribution in [3.05, 3.63) is 76.5 Å². The minimum Gasteiger partial charge on any atom is -0.497 e. The van der Waals surface area contributed by atoms with E-state index in [0.717, 1.165) is 5.56 Å². The maximum Gasteiger partial charge on any atom is 0.356 e. The smallest absolute Gasteiger partial charge is 0.356 e. The second-order valence-corrected chi connectivity index (χ2v) is 8.95. The number of aliphatic hydroxyl groups is 1. The fourth-order valence-electron chi connectivity index (χ4n) is 3.53. The molecule has 2 aliphatic heterocycles. The van der Waals surface area contributed by atoms with Gasteiger partial charge in [0, 0.05) is 5.75 Å². The third kappa shape index (κ3) is 4.71. The van der Waals surface area contributed by atoms with Gasteiger partial charge < -0.3 is 19.9 Å². The van der Waals surface area contributed by atoms with Crippen LogP contribution in [0.3, 0.4) is 0 Å². The molecule has 33 heavy (non-hydrogen) atoms. The Bertz CT molecular complexity index is 1090. The molecule has 0 aliphatic carbocycles. The van der Waals surface area contributed by atoms with Gasteiger partial charge in [0.15, 0.2) is 6.10 Å². The van der Waals surface area contributed by atoms with Crippen LogP contribution in [0.1, 0.15) is 17.2 Å². The number of methoxy groups -OCH3 is 1. The molecule has 1 fully saturated rings. The van der Waals surface area contributed by atoms with Crippen molar-refractivity contribution in [3.63, 3.8) is 0 Å². The van der Waals surface area contributed by atoms with Crippen LogP contribution in [0.15, 0.2) is 65.3 Å². The Morgan fingerprint density at radius 2 is 1.91 bits per heavy atom. The van der Waals surface area contributed by atoms with Crippen molar-refractivity contribution in [1.82, 2.24) is 10.2 Å². The summed E-state index contributed by atoms with van der Waals surface area (Å²) in [4.78, 5) is 39.3. The third-order valence-corrected chi connectivity index (χ3v) is 7.06. The first-order chi connectivity index (χ1) is 15.9. The number of hydrogen-bond donors (Lipinski definition) is 2. The molecule has 2 aliphatic rings. The first-order valence-corrected chi connectivity index (χ1v) is 11.5. The summed E-state index contributed by atoms with van der Waals surface area (Å²) in [7, 11) is 1.56. The summed E-state index contributed by atoms with van der Waals surface area (Å²) in [5.74, 6) is -0.932. The number of halogens is 1. The van der Waals surface area contributed by atoms with E-state index in [2.05, 4.69) is 5.32 Å². The lowest BCUT2D eigenvalue weighted by Crippen LogP contribution is -2.70. The predicted octanol–water partition coefficient (Wildman–Crippen LogP) is 2.32. The molecule has 0 spiro atoms. The van der Waals surface area contributed by atoms with Crippen LogP contribution in [0.25, 0.3) is 0 Å². The van der Waals surface area contributed by atoms with Crippen molar-refractivity contribution in [1.29, 1.82) is 0 Å². The second kappa shape index (κ2) is 9.86. The third-order valence-electron chi connectivity index (χ3n) is 5.31. The van der Waals surface area contributed by atoms with E-state index in [0.29, 0.717) is 11.3 Å². The maximum absolute atomic E-state index is 12.8. The van der Waals surface area contributed by atoms with E-state index in [9.17, 15) is 19.5 Å². The van der Waals surface area contributed by atoms with Gasteiger partial charge in [-0.3, -0.25) is 14.5 Å². The van der Waals surface area contributed by atoms with E-state index in [1.54, 1.807) is 61.7 Å². The number of aliphatic hydroxyl groups excluding tert-OH is 1. The number of esters is 1. The largest absolute Gasteiger partial charge is 0.497 e. The number of carbonyl (C=O) groups is 3. The molecular weight excluding hydrogens is 468 g/mol. The van der Waals surface area contributed by atoms with Gasteiger partial charge in [0.25, 0.3) is 11.8 Å². The normalized spacial score (nSPS) is 20.5. The number of hydrogen-bond acceptors (Lipinski definition) is 7. The van der Waals surface area contributed by atoms with E-state index >= 15 is 0 Å². The zero-order valence-electron chi connectivity index (χ0n) is 17.6. The molecule has 2 amide bonds. The van der Waals surface area contributed by atoms with Gasteiger partial charge in [-0.05, 0) is 23.3 Å². The fourth-order valence-corrected chi connectivity index (χ4v) is 5.08. The highest BCUT2D eigenvalue weighted by molar-refractivity contribution is 8.00.